The van der Waals surface area contributed by atoms with Crippen molar-refractivity contribution in [3.63, 3.8) is 0 Å². The molecule has 2 aliphatic rings. The fourth-order valence-electron chi connectivity index (χ4n) is 3.33. The molecule has 1 N–H and O–H groups in total. The number of benzene rings is 1. The molecule has 168 valence electrons. The second kappa shape index (κ2) is 9.73. The van der Waals surface area contributed by atoms with Crippen LogP contribution in [0.3, 0.4) is 0 Å². The molecule has 2 aliphatic heterocycles. The number of carbonyl (C=O) groups is 3. The maximum Gasteiger partial charge on any atom is 0.293 e. The number of hydrogen-bond acceptors (Lipinski definition) is 8. The third-order valence-corrected chi connectivity index (χ3v) is 7.57. The first-order valence-electron chi connectivity index (χ1n) is 9.78. The Bertz CT molecular complexity index is 1020. The molecule has 0 aromatic heterocycles. The van der Waals surface area contributed by atoms with Crippen LogP contribution < -0.4 is 14.8 Å². The predicted octanol–water partition coefficient (Wildman–Crippen LogP) is 1.68. The number of carbonyl (C=O) groups excluding carboxylic acids is 3. The van der Waals surface area contributed by atoms with Crippen LogP contribution in [0.15, 0.2) is 23.1 Å². The Morgan fingerprint density at radius 1 is 1.32 bits per heavy atom. The first-order chi connectivity index (χ1) is 14.7. The zero-order chi connectivity index (χ0) is 22.6. The molecule has 1 atom stereocenters. The van der Waals surface area contributed by atoms with Crippen molar-refractivity contribution in [1.82, 2.24) is 10.2 Å². The van der Waals surface area contributed by atoms with Crippen LogP contribution in [0, 0.1) is 5.92 Å². The second-order valence-electron chi connectivity index (χ2n) is 7.07. The Morgan fingerprint density at radius 2 is 2.10 bits per heavy atom. The van der Waals surface area contributed by atoms with Crippen LogP contribution in [-0.2, 0) is 19.4 Å². The van der Waals surface area contributed by atoms with Crippen molar-refractivity contribution in [2.75, 3.05) is 38.3 Å². The summed E-state index contributed by atoms with van der Waals surface area (Å²) in [5.74, 6) is -0.433. The zero-order valence-electron chi connectivity index (χ0n) is 17.3. The van der Waals surface area contributed by atoms with Gasteiger partial charge >= 0.3 is 0 Å². The van der Waals surface area contributed by atoms with Gasteiger partial charge in [-0.15, -0.1) is 0 Å². The van der Waals surface area contributed by atoms with Gasteiger partial charge in [0.2, 0.25) is 5.91 Å². The van der Waals surface area contributed by atoms with E-state index in [2.05, 4.69) is 5.32 Å². The molecule has 2 heterocycles. The molecule has 1 aromatic rings. The number of methoxy groups -OCH3 is 1. The summed E-state index contributed by atoms with van der Waals surface area (Å²) in [4.78, 5) is 38.3. The van der Waals surface area contributed by atoms with Crippen molar-refractivity contribution in [3.05, 3.63) is 28.7 Å². The van der Waals surface area contributed by atoms with Crippen molar-refractivity contribution in [3.8, 4) is 11.5 Å². The molecule has 0 aliphatic carbocycles. The third-order valence-electron chi connectivity index (χ3n) is 4.90. The molecule has 1 unspecified atom stereocenters. The lowest BCUT2D eigenvalue weighted by atomic mass is 10.1. The molecule has 0 bridgehead atoms. The standard InChI is InChI=1S/C20H24N2O7S2/c1-3-29-15-5-4-13(10-16(15)28-2)11-17-19(24)22(20(25)30-17)8-7-21-18(23)14-6-9-31(26,27)12-14/h4-5,10-11,14H,3,6-9,12H2,1-2H3,(H,21,23)/b17-11-. The van der Waals surface area contributed by atoms with Crippen molar-refractivity contribution < 1.29 is 32.3 Å². The van der Waals surface area contributed by atoms with Gasteiger partial charge in [0.25, 0.3) is 11.1 Å². The summed E-state index contributed by atoms with van der Waals surface area (Å²) in [5, 5.41) is 2.20. The molecule has 9 nitrogen and oxygen atoms in total. The van der Waals surface area contributed by atoms with Gasteiger partial charge in [-0.2, -0.15) is 0 Å². The van der Waals surface area contributed by atoms with Gasteiger partial charge in [-0.05, 0) is 48.9 Å². The van der Waals surface area contributed by atoms with Gasteiger partial charge in [0, 0.05) is 13.1 Å². The predicted molar refractivity (Wildman–Crippen MR) is 117 cm³/mol. The number of rotatable bonds is 8. The minimum atomic E-state index is -3.15. The van der Waals surface area contributed by atoms with Crippen LogP contribution in [0.4, 0.5) is 4.79 Å². The fraction of sp³-hybridized carbons (Fsp3) is 0.450. The van der Waals surface area contributed by atoms with Crippen molar-refractivity contribution in [2.24, 2.45) is 5.92 Å². The van der Waals surface area contributed by atoms with E-state index in [1.165, 1.54) is 7.11 Å². The highest BCUT2D eigenvalue weighted by molar-refractivity contribution is 8.18. The van der Waals surface area contributed by atoms with Gasteiger partial charge in [0.1, 0.15) is 0 Å². The highest BCUT2D eigenvalue weighted by Gasteiger charge is 2.36. The van der Waals surface area contributed by atoms with E-state index in [1.807, 2.05) is 6.92 Å². The average Bonchev–Trinajstić information content (AvgIpc) is 3.22. The van der Waals surface area contributed by atoms with E-state index in [0.717, 1.165) is 16.7 Å². The van der Waals surface area contributed by atoms with Gasteiger partial charge in [-0.25, -0.2) is 8.42 Å². The topological polar surface area (TPSA) is 119 Å². The molecule has 3 rings (SSSR count). The molecule has 2 fully saturated rings. The molecular weight excluding hydrogens is 444 g/mol. The number of amides is 3. The minimum absolute atomic E-state index is 0.00924. The van der Waals surface area contributed by atoms with E-state index >= 15 is 0 Å². The highest BCUT2D eigenvalue weighted by atomic mass is 32.2. The van der Waals surface area contributed by atoms with E-state index in [1.54, 1.807) is 24.3 Å². The Morgan fingerprint density at radius 3 is 2.74 bits per heavy atom. The van der Waals surface area contributed by atoms with Crippen LogP contribution in [0.25, 0.3) is 6.08 Å². The van der Waals surface area contributed by atoms with Gasteiger partial charge in [-0.1, -0.05) is 6.07 Å². The Balaban J connectivity index is 1.60. The molecule has 1 aromatic carbocycles. The summed E-state index contributed by atoms with van der Waals surface area (Å²) in [7, 11) is -1.64. The maximum absolute atomic E-state index is 12.6. The lowest BCUT2D eigenvalue weighted by molar-refractivity contribution is -0.125. The summed E-state index contributed by atoms with van der Waals surface area (Å²) in [6, 6.07) is 5.21. The SMILES string of the molecule is CCOc1ccc(/C=C2\SC(=O)N(CCNC(=O)C3CCS(=O)(=O)C3)C2=O)cc1OC. The zero-order valence-corrected chi connectivity index (χ0v) is 18.9. The lowest BCUT2D eigenvalue weighted by Crippen LogP contribution is -2.39. The summed E-state index contributed by atoms with van der Waals surface area (Å²) < 4.78 is 33.8. The normalized spacial score (nSPS) is 21.5. The van der Waals surface area contributed by atoms with Crippen molar-refractivity contribution >= 4 is 44.7 Å². The molecular formula is C20H24N2O7S2. The molecule has 2 saturated heterocycles. The largest absolute Gasteiger partial charge is 0.493 e. The third kappa shape index (κ3) is 5.59. The van der Waals surface area contributed by atoms with Crippen LogP contribution in [-0.4, -0.2) is 68.7 Å². The summed E-state index contributed by atoms with van der Waals surface area (Å²) >= 11 is 0.823. The quantitative estimate of drug-likeness (QED) is 0.573. The lowest BCUT2D eigenvalue weighted by Gasteiger charge is -2.14. The highest BCUT2D eigenvalue weighted by Crippen LogP contribution is 2.34. The van der Waals surface area contributed by atoms with E-state index in [0.29, 0.717) is 30.1 Å². The average molecular weight is 469 g/mol. The number of thioether (sulfide) groups is 1. The van der Waals surface area contributed by atoms with E-state index in [-0.39, 0.29) is 35.4 Å². The van der Waals surface area contributed by atoms with Crippen LogP contribution >= 0.6 is 11.8 Å². The van der Waals surface area contributed by atoms with Crippen molar-refractivity contribution in [1.29, 1.82) is 0 Å². The maximum atomic E-state index is 12.6. The number of nitrogens with one attached hydrogen (secondary N) is 1. The fourth-order valence-corrected chi connectivity index (χ4v) is 5.94. The van der Waals surface area contributed by atoms with Gasteiger partial charge in [0.15, 0.2) is 21.3 Å². The van der Waals surface area contributed by atoms with E-state index < -0.39 is 26.9 Å². The number of hydrogen-bond donors (Lipinski definition) is 1. The van der Waals surface area contributed by atoms with E-state index in [4.69, 9.17) is 9.47 Å². The Hall–Kier alpha value is -2.53. The first kappa shape index (κ1) is 23.1. The van der Waals surface area contributed by atoms with Crippen LogP contribution in [0.2, 0.25) is 0 Å². The summed E-state index contributed by atoms with van der Waals surface area (Å²) in [6.07, 6.45) is 1.90. The monoisotopic (exact) mass is 468 g/mol. The number of imide groups is 1. The molecule has 11 heteroatoms. The first-order valence-corrected chi connectivity index (χ1v) is 12.4. The number of sulfone groups is 1. The van der Waals surface area contributed by atoms with Crippen molar-refractivity contribution in [2.45, 2.75) is 13.3 Å². The minimum Gasteiger partial charge on any atom is -0.493 e. The molecule has 0 spiro atoms. The van der Waals surface area contributed by atoms with E-state index in [9.17, 15) is 22.8 Å². The number of nitrogens with zero attached hydrogens (tertiary/aromatic N) is 1. The number of ether oxygens (including phenoxy) is 2. The van der Waals surface area contributed by atoms with Crippen LogP contribution in [0.5, 0.6) is 11.5 Å². The Kier molecular flexibility index (Phi) is 7.26. The molecule has 3 amide bonds. The van der Waals surface area contributed by atoms with Crippen LogP contribution in [0.1, 0.15) is 18.9 Å². The summed E-state index contributed by atoms with van der Waals surface area (Å²) in [5.41, 5.74) is 0.682. The molecule has 0 radical (unpaired) electrons. The molecule has 0 saturated carbocycles. The smallest absolute Gasteiger partial charge is 0.293 e. The van der Waals surface area contributed by atoms with Gasteiger partial charge < -0.3 is 14.8 Å². The summed E-state index contributed by atoms with van der Waals surface area (Å²) in [6.45, 7) is 2.43. The van der Waals surface area contributed by atoms with Gasteiger partial charge in [-0.3, -0.25) is 19.3 Å². The second-order valence-corrected chi connectivity index (χ2v) is 10.3. The molecule has 31 heavy (non-hydrogen) atoms. The van der Waals surface area contributed by atoms with Gasteiger partial charge in [0.05, 0.1) is 36.0 Å². The Labute approximate surface area is 185 Å².